The van der Waals surface area contributed by atoms with Crippen molar-refractivity contribution in [3.05, 3.63) is 106 Å². The number of rotatable bonds is 5. The molecule has 0 amide bonds. The smallest absolute Gasteiger partial charge is 0.337 e. The Kier molecular flexibility index (Phi) is 5.48. The zero-order valence-corrected chi connectivity index (χ0v) is 16.8. The van der Waals surface area contributed by atoms with E-state index in [4.69, 9.17) is 9.47 Å². The molecule has 0 atom stereocenters. The van der Waals surface area contributed by atoms with Crippen LogP contribution in [0.2, 0.25) is 0 Å². The van der Waals surface area contributed by atoms with Crippen LogP contribution in [0.1, 0.15) is 44.6 Å². The Bertz CT molecular complexity index is 1060. The van der Waals surface area contributed by atoms with E-state index >= 15 is 0 Å². The molecule has 0 radical (unpaired) electrons. The molecule has 4 rings (SSSR count). The van der Waals surface area contributed by atoms with E-state index in [1.807, 2.05) is 30.3 Å². The van der Waals surface area contributed by atoms with Crippen LogP contribution in [0.3, 0.4) is 0 Å². The van der Waals surface area contributed by atoms with E-state index in [9.17, 15) is 4.79 Å². The minimum Gasteiger partial charge on any atom is -0.496 e. The summed E-state index contributed by atoms with van der Waals surface area (Å²) in [7, 11) is 3.13. The van der Waals surface area contributed by atoms with Crippen molar-refractivity contribution in [3.8, 4) is 5.75 Å². The SMILES string of the molecule is COC(=O)c1ccc(Cc2cccc(C3=CCCc4c(OC)cccc43)c2)cc1. The molecule has 0 saturated heterocycles. The van der Waals surface area contributed by atoms with Crippen molar-refractivity contribution in [2.75, 3.05) is 14.2 Å². The van der Waals surface area contributed by atoms with Crippen LogP contribution in [0.4, 0.5) is 0 Å². The molecule has 3 aromatic carbocycles. The number of carbonyl (C=O) groups is 1. The number of hydrogen-bond acceptors (Lipinski definition) is 3. The van der Waals surface area contributed by atoms with Gasteiger partial charge >= 0.3 is 5.97 Å². The van der Waals surface area contributed by atoms with Crippen molar-refractivity contribution in [1.82, 2.24) is 0 Å². The molecule has 0 saturated carbocycles. The number of hydrogen-bond donors (Lipinski definition) is 0. The summed E-state index contributed by atoms with van der Waals surface area (Å²) in [6, 6.07) is 22.6. The first-order valence-electron chi connectivity index (χ1n) is 9.82. The quantitative estimate of drug-likeness (QED) is 0.549. The number of fused-ring (bicyclic) bond motifs is 1. The lowest BCUT2D eigenvalue weighted by Gasteiger charge is -2.21. The van der Waals surface area contributed by atoms with Gasteiger partial charge in [0.05, 0.1) is 19.8 Å². The van der Waals surface area contributed by atoms with Crippen LogP contribution in [-0.4, -0.2) is 20.2 Å². The van der Waals surface area contributed by atoms with Crippen LogP contribution in [0.15, 0.2) is 72.8 Å². The van der Waals surface area contributed by atoms with Crippen molar-refractivity contribution in [2.45, 2.75) is 19.3 Å². The van der Waals surface area contributed by atoms with Crippen LogP contribution < -0.4 is 4.74 Å². The average Bonchev–Trinajstić information content (AvgIpc) is 2.78. The molecule has 3 heteroatoms. The number of benzene rings is 3. The Hall–Kier alpha value is -3.33. The molecule has 0 aliphatic heterocycles. The fourth-order valence-electron chi connectivity index (χ4n) is 3.97. The molecule has 0 aromatic heterocycles. The molecule has 0 heterocycles. The highest BCUT2D eigenvalue weighted by Crippen LogP contribution is 2.36. The van der Waals surface area contributed by atoms with E-state index in [2.05, 4.69) is 42.5 Å². The first kappa shape index (κ1) is 19.0. The van der Waals surface area contributed by atoms with E-state index in [0.717, 1.165) is 30.6 Å². The molecule has 1 aliphatic carbocycles. The Balaban J connectivity index is 1.60. The second-order valence-corrected chi connectivity index (χ2v) is 7.21. The van der Waals surface area contributed by atoms with Crippen molar-refractivity contribution >= 4 is 11.5 Å². The van der Waals surface area contributed by atoms with Crippen molar-refractivity contribution in [1.29, 1.82) is 0 Å². The first-order chi connectivity index (χ1) is 14.2. The van der Waals surface area contributed by atoms with E-state index < -0.39 is 0 Å². The third kappa shape index (κ3) is 3.95. The molecule has 0 N–H and O–H groups in total. The molecule has 3 aromatic rings. The second kappa shape index (κ2) is 8.36. The second-order valence-electron chi connectivity index (χ2n) is 7.21. The summed E-state index contributed by atoms with van der Waals surface area (Å²) in [5.41, 5.74) is 8.02. The number of methoxy groups -OCH3 is 2. The van der Waals surface area contributed by atoms with Gasteiger partial charge in [-0.2, -0.15) is 0 Å². The highest BCUT2D eigenvalue weighted by atomic mass is 16.5. The summed E-state index contributed by atoms with van der Waals surface area (Å²) < 4.78 is 10.3. The zero-order valence-electron chi connectivity index (χ0n) is 16.8. The summed E-state index contributed by atoms with van der Waals surface area (Å²) in [4.78, 5) is 11.6. The molecule has 0 unspecified atom stereocenters. The number of allylic oxidation sites excluding steroid dienone is 1. The van der Waals surface area contributed by atoms with E-state index in [1.165, 1.54) is 34.9 Å². The highest BCUT2D eigenvalue weighted by molar-refractivity contribution is 5.89. The molecule has 3 nitrogen and oxygen atoms in total. The number of carbonyl (C=O) groups excluding carboxylic acids is 1. The summed E-state index contributed by atoms with van der Waals surface area (Å²) in [6.45, 7) is 0. The Morgan fingerprint density at radius 1 is 0.931 bits per heavy atom. The van der Waals surface area contributed by atoms with Gasteiger partial charge in [-0.3, -0.25) is 0 Å². The number of esters is 1. The third-order valence-electron chi connectivity index (χ3n) is 5.41. The van der Waals surface area contributed by atoms with Gasteiger partial charge < -0.3 is 9.47 Å². The Morgan fingerprint density at radius 2 is 1.72 bits per heavy atom. The number of ether oxygens (including phenoxy) is 2. The summed E-state index contributed by atoms with van der Waals surface area (Å²) in [6.07, 6.45) is 5.16. The van der Waals surface area contributed by atoms with Crippen molar-refractivity contribution in [2.24, 2.45) is 0 Å². The normalized spacial score (nSPS) is 12.7. The van der Waals surface area contributed by atoms with Crippen LogP contribution in [0, 0.1) is 0 Å². The standard InChI is InChI=1S/C26H24O3/c1-28-25-11-5-9-23-22(8-4-10-24(23)25)21-7-3-6-19(17-21)16-18-12-14-20(15-13-18)26(27)29-2/h3,5-9,11-15,17H,4,10,16H2,1-2H3. The van der Waals surface area contributed by atoms with Crippen LogP contribution in [0.5, 0.6) is 5.75 Å². The molecule has 0 bridgehead atoms. The summed E-state index contributed by atoms with van der Waals surface area (Å²) in [5, 5.41) is 0. The fourth-order valence-corrected chi connectivity index (χ4v) is 3.97. The lowest BCUT2D eigenvalue weighted by molar-refractivity contribution is 0.0600. The van der Waals surface area contributed by atoms with Gasteiger partial charge in [-0.1, -0.05) is 54.6 Å². The molecular formula is C26H24O3. The van der Waals surface area contributed by atoms with Gasteiger partial charge in [-0.05, 0) is 65.3 Å². The van der Waals surface area contributed by atoms with E-state index in [1.54, 1.807) is 7.11 Å². The third-order valence-corrected chi connectivity index (χ3v) is 5.41. The molecule has 29 heavy (non-hydrogen) atoms. The largest absolute Gasteiger partial charge is 0.496 e. The van der Waals surface area contributed by atoms with Gasteiger partial charge in [-0.25, -0.2) is 4.79 Å². The van der Waals surface area contributed by atoms with Gasteiger partial charge in [0.1, 0.15) is 5.75 Å². The van der Waals surface area contributed by atoms with Gasteiger partial charge in [0.15, 0.2) is 0 Å². The monoisotopic (exact) mass is 384 g/mol. The lowest BCUT2D eigenvalue weighted by atomic mass is 9.85. The maximum absolute atomic E-state index is 11.6. The van der Waals surface area contributed by atoms with Crippen LogP contribution >= 0.6 is 0 Å². The van der Waals surface area contributed by atoms with E-state index in [0.29, 0.717) is 5.56 Å². The minimum absolute atomic E-state index is 0.308. The van der Waals surface area contributed by atoms with Crippen molar-refractivity contribution in [3.63, 3.8) is 0 Å². The summed E-state index contributed by atoms with van der Waals surface area (Å²) >= 11 is 0. The lowest BCUT2D eigenvalue weighted by Crippen LogP contribution is -2.04. The fraction of sp³-hybridized carbons (Fsp3) is 0.192. The molecule has 1 aliphatic rings. The van der Waals surface area contributed by atoms with Crippen LogP contribution in [0.25, 0.3) is 5.57 Å². The predicted octanol–water partition coefficient (Wildman–Crippen LogP) is 5.45. The molecule has 146 valence electrons. The molecule has 0 spiro atoms. The van der Waals surface area contributed by atoms with Gasteiger partial charge in [0.25, 0.3) is 0 Å². The first-order valence-corrected chi connectivity index (χ1v) is 9.82. The average molecular weight is 384 g/mol. The Labute approximate surface area is 171 Å². The predicted molar refractivity (Wildman–Crippen MR) is 115 cm³/mol. The molecular weight excluding hydrogens is 360 g/mol. The summed E-state index contributed by atoms with van der Waals surface area (Å²) in [5.74, 6) is 0.659. The maximum Gasteiger partial charge on any atom is 0.337 e. The highest BCUT2D eigenvalue weighted by Gasteiger charge is 2.17. The van der Waals surface area contributed by atoms with Gasteiger partial charge in [0, 0.05) is 5.56 Å². The minimum atomic E-state index is -0.308. The van der Waals surface area contributed by atoms with Crippen molar-refractivity contribution < 1.29 is 14.3 Å². The topological polar surface area (TPSA) is 35.5 Å². The van der Waals surface area contributed by atoms with E-state index in [-0.39, 0.29) is 5.97 Å². The van der Waals surface area contributed by atoms with Gasteiger partial charge in [-0.15, -0.1) is 0 Å². The van der Waals surface area contributed by atoms with Crippen LogP contribution in [-0.2, 0) is 17.6 Å². The molecule has 0 fully saturated rings. The zero-order chi connectivity index (χ0) is 20.2. The van der Waals surface area contributed by atoms with Gasteiger partial charge in [0.2, 0.25) is 0 Å². The Morgan fingerprint density at radius 3 is 2.48 bits per heavy atom. The maximum atomic E-state index is 11.6.